The van der Waals surface area contributed by atoms with Crippen LogP contribution in [-0.4, -0.2) is 53.8 Å². The smallest absolute Gasteiger partial charge is 0.417 e. The molecule has 1 aromatic heterocycles. The molecule has 11 heteroatoms. The number of alkyl halides is 3. The van der Waals surface area contributed by atoms with Gasteiger partial charge in [0.1, 0.15) is 5.82 Å². The van der Waals surface area contributed by atoms with Crippen molar-refractivity contribution in [2.24, 2.45) is 11.8 Å². The molecule has 7 nitrogen and oxygen atoms in total. The first kappa shape index (κ1) is 21.6. The fraction of sp³-hybridized carbons (Fsp3) is 0.611. The van der Waals surface area contributed by atoms with E-state index in [1.54, 1.807) is 0 Å². The van der Waals surface area contributed by atoms with Crippen molar-refractivity contribution in [2.45, 2.75) is 37.6 Å². The molecule has 1 amide bonds. The fourth-order valence-corrected chi connectivity index (χ4v) is 4.99. The number of amides is 1. The molecule has 4 atom stereocenters. The minimum absolute atomic E-state index is 0.0100. The molecule has 3 saturated heterocycles. The quantitative estimate of drug-likeness (QED) is 0.709. The van der Waals surface area contributed by atoms with Crippen LogP contribution in [-0.2, 0) is 20.5 Å². The Morgan fingerprint density at radius 1 is 1.55 bits per heavy atom. The van der Waals surface area contributed by atoms with Crippen molar-refractivity contribution in [3.8, 4) is 0 Å². The highest BCUT2D eigenvalue weighted by Crippen LogP contribution is 2.55. The molecule has 1 aromatic rings. The largest absolute Gasteiger partial charge is 0.483 e. The molecule has 0 radical (unpaired) electrons. The van der Waals surface area contributed by atoms with E-state index in [4.69, 9.17) is 26.2 Å². The number of hydrogen-bond acceptors (Lipinski definition) is 5. The van der Waals surface area contributed by atoms with Crippen LogP contribution >= 0.6 is 11.6 Å². The maximum Gasteiger partial charge on any atom is 0.417 e. The van der Waals surface area contributed by atoms with Crippen LogP contribution in [0.15, 0.2) is 12.3 Å². The van der Waals surface area contributed by atoms with Crippen molar-refractivity contribution in [1.82, 2.24) is 10.3 Å². The molecule has 3 fully saturated rings. The second-order valence-corrected chi connectivity index (χ2v) is 7.89. The zero-order valence-corrected chi connectivity index (χ0v) is 16.3. The standard InChI is InChI=1S/C17H19ClF3N3O2.CH2O2/c1-9(25)22-6-11-12-7-24(8-16(12)3-2-14(11)26-16)15-13(18)4-10(5-23-15)17(19,20)21;2-1-3/h4-5,11-12,14H,2-3,6-8H2,1H3,(H,22,25);1H,(H,2,3)/t11-,12+,14+,16+;/m0./s1. The number of anilines is 1. The molecular weight excluding hydrogens is 415 g/mol. The Balaban J connectivity index is 0.000000755. The molecule has 4 rings (SSSR count). The lowest BCUT2D eigenvalue weighted by atomic mass is 9.73. The Morgan fingerprint density at radius 2 is 2.24 bits per heavy atom. The highest BCUT2D eigenvalue weighted by molar-refractivity contribution is 6.33. The minimum Gasteiger partial charge on any atom is -0.483 e. The third kappa shape index (κ3) is 4.13. The minimum atomic E-state index is -4.47. The van der Waals surface area contributed by atoms with Gasteiger partial charge in [0.2, 0.25) is 5.91 Å². The summed E-state index contributed by atoms with van der Waals surface area (Å²) in [6.07, 6.45) is -1.68. The Bertz CT molecular complexity index is 794. The first-order valence-electron chi connectivity index (χ1n) is 9.09. The molecule has 3 aliphatic rings. The number of carbonyl (C=O) groups is 2. The summed E-state index contributed by atoms with van der Waals surface area (Å²) >= 11 is 6.11. The Morgan fingerprint density at radius 3 is 2.83 bits per heavy atom. The van der Waals surface area contributed by atoms with Gasteiger partial charge in [-0.3, -0.25) is 9.59 Å². The molecule has 0 unspecified atom stereocenters. The number of nitrogens with zero attached hydrogens (tertiary/aromatic N) is 2. The molecule has 3 aliphatic heterocycles. The van der Waals surface area contributed by atoms with Gasteiger partial charge < -0.3 is 20.1 Å². The lowest BCUT2D eigenvalue weighted by Gasteiger charge is -2.29. The van der Waals surface area contributed by atoms with Gasteiger partial charge in [-0.1, -0.05) is 11.6 Å². The molecule has 29 heavy (non-hydrogen) atoms. The van der Waals surface area contributed by atoms with Crippen molar-refractivity contribution in [3.63, 3.8) is 0 Å². The van der Waals surface area contributed by atoms with Gasteiger partial charge in [0.25, 0.3) is 6.47 Å². The van der Waals surface area contributed by atoms with Gasteiger partial charge >= 0.3 is 6.18 Å². The van der Waals surface area contributed by atoms with E-state index in [0.29, 0.717) is 25.5 Å². The number of ether oxygens (including phenoxy) is 1. The average Bonchev–Trinajstić information content (AvgIpc) is 3.27. The molecule has 0 aliphatic carbocycles. The van der Waals surface area contributed by atoms with Crippen LogP contribution in [0, 0.1) is 11.8 Å². The van der Waals surface area contributed by atoms with Crippen LogP contribution in [0.5, 0.6) is 0 Å². The van der Waals surface area contributed by atoms with Gasteiger partial charge in [-0.15, -0.1) is 0 Å². The van der Waals surface area contributed by atoms with Gasteiger partial charge in [-0.05, 0) is 18.9 Å². The second kappa shape index (κ2) is 7.98. The third-order valence-corrected chi connectivity index (χ3v) is 6.10. The van der Waals surface area contributed by atoms with Crippen molar-refractivity contribution in [3.05, 3.63) is 22.8 Å². The number of carboxylic acid groups (broad SMARTS) is 1. The lowest BCUT2D eigenvalue weighted by Crippen LogP contribution is -2.41. The first-order chi connectivity index (χ1) is 13.6. The zero-order chi connectivity index (χ0) is 21.4. The topological polar surface area (TPSA) is 91.8 Å². The Labute approximate surface area is 170 Å². The monoisotopic (exact) mass is 435 g/mol. The molecule has 0 aromatic carbocycles. The van der Waals surface area contributed by atoms with Crippen molar-refractivity contribution in [1.29, 1.82) is 0 Å². The van der Waals surface area contributed by atoms with E-state index in [2.05, 4.69) is 10.3 Å². The summed E-state index contributed by atoms with van der Waals surface area (Å²) in [4.78, 5) is 25.5. The van der Waals surface area contributed by atoms with E-state index in [-0.39, 0.29) is 40.9 Å². The molecule has 2 N–H and O–H groups in total. The van der Waals surface area contributed by atoms with Gasteiger partial charge in [0, 0.05) is 44.6 Å². The summed E-state index contributed by atoms with van der Waals surface area (Å²) in [6.45, 7) is 2.95. The van der Waals surface area contributed by atoms with Crippen LogP contribution in [0.3, 0.4) is 0 Å². The number of rotatable bonds is 3. The Kier molecular flexibility index (Phi) is 5.96. The first-order valence-corrected chi connectivity index (χ1v) is 9.47. The number of aromatic nitrogens is 1. The molecule has 1 spiro atoms. The fourth-order valence-electron chi connectivity index (χ4n) is 4.70. The number of halogens is 4. The van der Waals surface area contributed by atoms with Crippen LogP contribution in [0.25, 0.3) is 0 Å². The summed E-state index contributed by atoms with van der Waals surface area (Å²) in [5, 5.41) is 9.75. The van der Waals surface area contributed by atoms with Crippen molar-refractivity contribution in [2.75, 3.05) is 24.5 Å². The predicted molar refractivity (Wildman–Crippen MR) is 97.7 cm³/mol. The summed E-state index contributed by atoms with van der Waals surface area (Å²) < 4.78 is 44.7. The Hall–Kier alpha value is -2.07. The third-order valence-electron chi connectivity index (χ3n) is 5.82. The number of carbonyl (C=O) groups excluding carboxylic acids is 1. The van der Waals surface area contributed by atoms with Crippen molar-refractivity contribution < 1.29 is 32.6 Å². The lowest BCUT2D eigenvalue weighted by molar-refractivity contribution is -0.137. The second-order valence-electron chi connectivity index (χ2n) is 7.48. The van der Waals surface area contributed by atoms with Crippen molar-refractivity contribution >= 4 is 29.8 Å². The van der Waals surface area contributed by atoms with E-state index in [0.717, 1.165) is 25.1 Å². The molecule has 2 bridgehead atoms. The van der Waals surface area contributed by atoms with E-state index in [1.807, 2.05) is 4.90 Å². The maximum absolute atomic E-state index is 12.8. The number of nitrogens with one attached hydrogen (secondary N) is 1. The molecule has 4 heterocycles. The number of fused-ring (bicyclic) bond motifs is 1. The molecule has 0 saturated carbocycles. The number of hydrogen-bond donors (Lipinski definition) is 2. The summed E-state index contributed by atoms with van der Waals surface area (Å²) in [6, 6.07) is 0.919. The van der Waals surface area contributed by atoms with Gasteiger partial charge in [-0.25, -0.2) is 4.98 Å². The van der Waals surface area contributed by atoms with Gasteiger partial charge in [0.05, 0.1) is 22.3 Å². The normalized spacial score (nSPS) is 29.8. The zero-order valence-electron chi connectivity index (χ0n) is 15.6. The SMILES string of the molecule is CC(=O)NC[C@H]1[C@H]2CN(c3ncc(C(F)(F)F)cc3Cl)C[C@]23CC[C@H]1O3.O=CO. The van der Waals surface area contributed by atoms with Crippen LogP contribution in [0.1, 0.15) is 25.3 Å². The highest BCUT2D eigenvalue weighted by Gasteiger charge is 2.63. The van der Waals surface area contributed by atoms with Crippen LogP contribution < -0.4 is 10.2 Å². The molecule has 160 valence electrons. The maximum atomic E-state index is 12.8. The summed E-state index contributed by atoms with van der Waals surface area (Å²) in [5.41, 5.74) is -1.17. The molecular formula is C18H21ClF3N3O4. The number of pyridine rings is 1. The summed E-state index contributed by atoms with van der Waals surface area (Å²) in [7, 11) is 0. The predicted octanol–water partition coefficient (Wildman–Crippen LogP) is 2.57. The average molecular weight is 436 g/mol. The van der Waals surface area contributed by atoms with E-state index < -0.39 is 11.7 Å². The van der Waals surface area contributed by atoms with Gasteiger partial charge in [0.15, 0.2) is 0 Å². The van der Waals surface area contributed by atoms with E-state index in [1.165, 1.54) is 6.92 Å². The van der Waals surface area contributed by atoms with E-state index in [9.17, 15) is 18.0 Å². The highest BCUT2D eigenvalue weighted by atomic mass is 35.5. The van der Waals surface area contributed by atoms with Gasteiger partial charge in [-0.2, -0.15) is 13.2 Å². The van der Waals surface area contributed by atoms with E-state index >= 15 is 0 Å². The summed E-state index contributed by atoms with van der Waals surface area (Å²) in [5.74, 6) is 0.678. The van der Waals surface area contributed by atoms with Crippen LogP contribution in [0.2, 0.25) is 5.02 Å². The van der Waals surface area contributed by atoms with Crippen LogP contribution in [0.4, 0.5) is 19.0 Å².